The lowest BCUT2D eigenvalue weighted by Gasteiger charge is -2.59. The number of β-lactam (4-membered cyclic amide) rings is 1. The molecule has 1 spiro atoms. The predicted molar refractivity (Wildman–Crippen MR) is 135 cm³/mol. The highest BCUT2D eigenvalue weighted by Gasteiger charge is 2.62. The molecular weight excluding hydrogens is 462 g/mol. The molecule has 3 amide bonds. The average molecular weight is 488 g/mol. The van der Waals surface area contributed by atoms with Crippen LogP contribution in [0, 0.1) is 5.41 Å². The number of nitrogens with zero attached hydrogens (tertiary/aromatic N) is 2. The van der Waals surface area contributed by atoms with Crippen LogP contribution in [0.25, 0.3) is 0 Å². The first-order valence-corrected chi connectivity index (χ1v) is 12.1. The van der Waals surface area contributed by atoms with Crippen molar-refractivity contribution < 1.29 is 14.4 Å². The minimum atomic E-state index is -0.562. The fourth-order valence-corrected chi connectivity index (χ4v) is 5.35. The van der Waals surface area contributed by atoms with Gasteiger partial charge in [-0.15, -0.1) is 0 Å². The molecule has 2 aliphatic rings. The maximum Gasteiger partial charge on any atom is 0.251 e. The Morgan fingerprint density at radius 1 is 0.886 bits per heavy atom. The molecule has 0 saturated carbocycles. The van der Waals surface area contributed by atoms with Crippen molar-refractivity contribution in [3.05, 3.63) is 101 Å². The molecule has 35 heavy (non-hydrogen) atoms. The molecule has 0 aliphatic carbocycles. The number of carbonyl (C=O) groups is 3. The highest BCUT2D eigenvalue weighted by Crippen LogP contribution is 2.57. The average Bonchev–Trinajstić information content (AvgIpc) is 2.91. The summed E-state index contributed by atoms with van der Waals surface area (Å²) in [5.74, 6) is -0.324. The van der Waals surface area contributed by atoms with Gasteiger partial charge in [0.2, 0.25) is 11.8 Å². The van der Waals surface area contributed by atoms with Crippen molar-refractivity contribution in [2.75, 3.05) is 24.5 Å². The van der Waals surface area contributed by atoms with Gasteiger partial charge in [-0.2, -0.15) is 0 Å². The first-order chi connectivity index (χ1) is 17.0. The molecule has 2 heterocycles. The molecule has 178 valence electrons. The lowest BCUT2D eigenvalue weighted by Crippen LogP contribution is -2.67. The minimum Gasteiger partial charge on any atom is -0.343 e. The van der Waals surface area contributed by atoms with E-state index in [-0.39, 0.29) is 30.3 Å². The standard InChI is InChI=1S/C28H26ClN3O3/c29-22-13-11-20(12-14-22)25-28(27(35)32(25)23-9-5-2-6-10-23)15-17-31(18-16-28)24(33)19-30-26(34)21-7-3-1-4-8-21/h1-14,25H,15-19H2,(H,30,34). The van der Waals surface area contributed by atoms with E-state index in [4.69, 9.17) is 11.6 Å². The van der Waals surface area contributed by atoms with E-state index in [1.54, 1.807) is 29.2 Å². The smallest absolute Gasteiger partial charge is 0.251 e. The van der Waals surface area contributed by atoms with E-state index in [0.29, 0.717) is 36.5 Å². The Morgan fingerprint density at radius 2 is 1.49 bits per heavy atom. The van der Waals surface area contributed by atoms with E-state index in [1.165, 1.54) is 0 Å². The third kappa shape index (κ3) is 4.30. The number of halogens is 1. The number of likely N-dealkylation sites (tertiary alicyclic amines) is 1. The zero-order valence-electron chi connectivity index (χ0n) is 19.2. The highest BCUT2D eigenvalue weighted by molar-refractivity contribution is 6.30. The van der Waals surface area contributed by atoms with Crippen LogP contribution in [-0.4, -0.2) is 42.3 Å². The number of para-hydroxylation sites is 1. The van der Waals surface area contributed by atoms with Gasteiger partial charge in [0.25, 0.3) is 5.91 Å². The number of anilines is 1. The van der Waals surface area contributed by atoms with Gasteiger partial charge in [-0.1, -0.05) is 60.1 Å². The van der Waals surface area contributed by atoms with Crippen LogP contribution < -0.4 is 10.2 Å². The summed E-state index contributed by atoms with van der Waals surface area (Å²) in [4.78, 5) is 42.3. The van der Waals surface area contributed by atoms with Gasteiger partial charge < -0.3 is 15.1 Å². The molecule has 1 unspecified atom stereocenters. The topological polar surface area (TPSA) is 69.7 Å². The molecule has 0 bridgehead atoms. The van der Waals surface area contributed by atoms with Gasteiger partial charge in [0, 0.05) is 29.4 Å². The molecule has 2 fully saturated rings. The number of hydrogen-bond acceptors (Lipinski definition) is 3. The van der Waals surface area contributed by atoms with Crippen LogP contribution in [0.2, 0.25) is 5.02 Å². The zero-order chi connectivity index (χ0) is 24.4. The van der Waals surface area contributed by atoms with Crippen LogP contribution in [0.3, 0.4) is 0 Å². The Balaban J connectivity index is 1.29. The lowest BCUT2D eigenvalue weighted by atomic mass is 9.62. The van der Waals surface area contributed by atoms with Crippen molar-refractivity contribution in [1.82, 2.24) is 10.2 Å². The second kappa shape index (κ2) is 9.55. The third-order valence-corrected chi connectivity index (χ3v) is 7.34. The summed E-state index contributed by atoms with van der Waals surface area (Å²) in [6.45, 7) is 0.877. The van der Waals surface area contributed by atoms with E-state index in [2.05, 4.69) is 5.32 Å². The molecule has 5 rings (SSSR count). The van der Waals surface area contributed by atoms with Crippen LogP contribution >= 0.6 is 11.6 Å². The number of benzene rings is 3. The van der Waals surface area contributed by atoms with Crippen molar-refractivity contribution in [2.24, 2.45) is 5.41 Å². The largest absolute Gasteiger partial charge is 0.343 e. The summed E-state index contributed by atoms with van der Waals surface area (Å²) in [7, 11) is 0. The quantitative estimate of drug-likeness (QED) is 0.540. The van der Waals surface area contributed by atoms with E-state index >= 15 is 0 Å². The Hall–Kier alpha value is -3.64. The van der Waals surface area contributed by atoms with E-state index in [0.717, 1.165) is 11.3 Å². The molecule has 2 aliphatic heterocycles. The maximum absolute atomic E-state index is 13.6. The highest BCUT2D eigenvalue weighted by atomic mass is 35.5. The second-order valence-electron chi connectivity index (χ2n) is 9.05. The number of nitrogens with one attached hydrogen (secondary N) is 1. The van der Waals surface area contributed by atoms with Gasteiger partial charge in [-0.3, -0.25) is 14.4 Å². The first kappa shape index (κ1) is 23.1. The fourth-order valence-electron chi connectivity index (χ4n) is 5.22. The molecule has 0 radical (unpaired) electrons. The van der Waals surface area contributed by atoms with Crippen LogP contribution in [0.4, 0.5) is 5.69 Å². The lowest BCUT2D eigenvalue weighted by molar-refractivity contribution is -0.148. The summed E-state index contributed by atoms with van der Waals surface area (Å²) >= 11 is 6.13. The summed E-state index contributed by atoms with van der Waals surface area (Å²) in [6, 6.07) is 26.0. The maximum atomic E-state index is 13.6. The number of carbonyl (C=O) groups excluding carboxylic acids is 3. The van der Waals surface area contributed by atoms with Crippen molar-refractivity contribution in [3.63, 3.8) is 0 Å². The first-order valence-electron chi connectivity index (χ1n) is 11.7. The van der Waals surface area contributed by atoms with Gasteiger partial charge in [0.15, 0.2) is 0 Å². The van der Waals surface area contributed by atoms with Crippen LogP contribution in [0.5, 0.6) is 0 Å². The summed E-state index contributed by atoms with van der Waals surface area (Å²) < 4.78 is 0. The molecular formula is C28H26ClN3O3. The SMILES string of the molecule is O=C(NCC(=O)N1CCC2(CC1)C(=O)N(c1ccccc1)C2c1ccc(Cl)cc1)c1ccccc1. The Kier molecular flexibility index (Phi) is 6.31. The van der Waals surface area contributed by atoms with Crippen LogP contribution in [-0.2, 0) is 9.59 Å². The summed E-state index contributed by atoms with van der Waals surface area (Å²) in [5, 5.41) is 3.35. The van der Waals surface area contributed by atoms with Gasteiger partial charge in [0.1, 0.15) is 0 Å². The van der Waals surface area contributed by atoms with Gasteiger partial charge in [0.05, 0.1) is 18.0 Å². The number of piperidine rings is 1. The van der Waals surface area contributed by atoms with Gasteiger partial charge in [-0.25, -0.2) is 0 Å². The molecule has 3 aromatic rings. The van der Waals surface area contributed by atoms with E-state index in [1.807, 2.05) is 65.6 Å². The molecule has 2 saturated heterocycles. The minimum absolute atomic E-state index is 0.0641. The Labute approximate surface area is 209 Å². The molecule has 3 aromatic carbocycles. The predicted octanol–water partition coefficient (Wildman–Crippen LogP) is 4.47. The second-order valence-corrected chi connectivity index (χ2v) is 9.49. The Bertz CT molecular complexity index is 1220. The fraction of sp³-hybridized carbons (Fsp3) is 0.250. The van der Waals surface area contributed by atoms with E-state index < -0.39 is 5.41 Å². The van der Waals surface area contributed by atoms with Crippen molar-refractivity contribution in [2.45, 2.75) is 18.9 Å². The normalized spacial score (nSPS) is 18.8. The molecule has 0 aromatic heterocycles. The molecule has 7 heteroatoms. The summed E-state index contributed by atoms with van der Waals surface area (Å²) in [5.41, 5.74) is 1.86. The van der Waals surface area contributed by atoms with E-state index in [9.17, 15) is 14.4 Å². The molecule has 6 nitrogen and oxygen atoms in total. The third-order valence-electron chi connectivity index (χ3n) is 7.09. The number of amides is 3. The number of hydrogen-bond donors (Lipinski definition) is 1. The van der Waals surface area contributed by atoms with Gasteiger partial charge in [-0.05, 0) is 54.8 Å². The number of rotatable bonds is 5. The van der Waals surface area contributed by atoms with Crippen molar-refractivity contribution in [3.8, 4) is 0 Å². The molecule has 1 atom stereocenters. The van der Waals surface area contributed by atoms with Crippen LogP contribution in [0.15, 0.2) is 84.9 Å². The molecule has 1 N–H and O–H groups in total. The van der Waals surface area contributed by atoms with Crippen molar-refractivity contribution >= 4 is 35.0 Å². The van der Waals surface area contributed by atoms with Gasteiger partial charge >= 0.3 is 0 Å². The van der Waals surface area contributed by atoms with Crippen molar-refractivity contribution in [1.29, 1.82) is 0 Å². The zero-order valence-corrected chi connectivity index (χ0v) is 19.9. The van der Waals surface area contributed by atoms with Crippen LogP contribution in [0.1, 0.15) is 34.8 Å². The monoisotopic (exact) mass is 487 g/mol. The Morgan fingerprint density at radius 3 is 2.11 bits per heavy atom. The summed E-state index contributed by atoms with van der Waals surface area (Å²) in [6.07, 6.45) is 1.14.